The van der Waals surface area contributed by atoms with Gasteiger partial charge in [0.25, 0.3) is 11.5 Å². The van der Waals surface area contributed by atoms with Gasteiger partial charge in [-0.1, -0.05) is 6.07 Å². The number of aromatic nitrogens is 1. The zero-order valence-corrected chi connectivity index (χ0v) is 16.0. The number of amides is 1. The van der Waals surface area contributed by atoms with Crippen LogP contribution < -0.4 is 15.6 Å². The molecular weight excluding hydrogens is 344 g/mol. The molecule has 1 saturated carbocycles. The van der Waals surface area contributed by atoms with Crippen LogP contribution in [-0.2, 0) is 0 Å². The Kier molecular flexibility index (Phi) is 5.65. The van der Waals surface area contributed by atoms with E-state index in [4.69, 9.17) is 4.74 Å². The van der Waals surface area contributed by atoms with Gasteiger partial charge in [0.1, 0.15) is 11.3 Å². The van der Waals surface area contributed by atoms with Crippen molar-refractivity contribution >= 4 is 11.6 Å². The fourth-order valence-electron chi connectivity index (χ4n) is 3.65. The minimum Gasteiger partial charge on any atom is -0.495 e. The number of methoxy groups -OCH3 is 1. The van der Waals surface area contributed by atoms with Gasteiger partial charge >= 0.3 is 0 Å². The summed E-state index contributed by atoms with van der Waals surface area (Å²) >= 11 is 0. The fraction of sp³-hybridized carbons (Fsp3) is 0.429. The molecule has 1 aromatic carbocycles. The van der Waals surface area contributed by atoms with Crippen LogP contribution in [0.2, 0.25) is 0 Å². The lowest BCUT2D eigenvalue weighted by molar-refractivity contribution is 0.101. The molecule has 0 unspecified atom stereocenters. The Morgan fingerprint density at radius 3 is 2.56 bits per heavy atom. The number of aliphatic hydroxyl groups is 1. The highest BCUT2D eigenvalue weighted by Gasteiger charge is 2.24. The van der Waals surface area contributed by atoms with Crippen LogP contribution in [0.1, 0.15) is 53.2 Å². The number of hydrogen-bond donors (Lipinski definition) is 2. The molecule has 1 heterocycles. The number of pyridine rings is 1. The molecule has 0 aliphatic heterocycles. The molecule has 1 aliphatic carbocycles. The smallest absolute Gasteiger partial charge is 0.263 e. The highest BCUT2D eigenvalue weighted by molar-refractivity contribution is 6.05. The first-order chi connectivity index (χ1) is 12.9. The second-order valence-electron chi connectivity index (χ2n) is 7.21. The van der Waals surface area contributed by atoms with Crippen LogP contribution in [0.25, 0.3) is 0 Å². The van der Waals surface area contributed by atoms with Gasteiger partial charge in [-0.15, -0.1) is 0 Å². The summed E-state index contributed by atoms with van der Waals surface area (Å²) in [5.41, 5.74) is 2.01. The van der Waals surface area contributed by atoms with Crippen molar-refractivity contribution in [3.63, 3.8) is 0 Å². The van der Waals surface area contributed by atoms with Gasteiger partial charge in [-0.25, -0.2) is 0 Å². The number of nitrogens with zero attached hydrogens (tertiary/aromatic N) is 1. The number of aryl methyl sites for hydroxylation is 2. The monoisotopic (exact) mass is 370 g/mol. The van der Waals surface area contributed by atoms with Gasteiger partial charge in [0.2, 0.25) is 0 Å². The Hall–Kier alpha value is -2.60. The number of rotatable bonds is 4. The molecule has 0 saturated heterocycles. The summed E-state index contributed by atoms with van der Waals surface area (Å²) in [5.74, 6) is 0.107. The van der Waals surface area contributed by atoms with Gasteiger partial charge in [0.15, 0.2) is 0 Å². The fourth-order valence-corrected chi connectivity index (χ4v) is 3.65. The number of anilines is 1. The third kappa shape index (κ3) is 4.06. The normalized spacial score (nSPS) is 19.6. The number of ether oxygens (including phenoxy) is 1. The molecule has 6 heteroatoms. The number of carbonyl (C=O) groups excluding carboxylic acids is 1. The Labute approximate surface area is 158 Å². The van der Waals surface area contributed by atoms with E-state index in [1.807, 2.05) is 19.1 Å². The molecule has 2 N–H and O–H groups in total. The van der Waals surface area contributed by atoms with Crippen LogP contribution in [0.3, 0.4) is 0 Å². The van der Waals surface area contributed by atoms with E-state index in [2.05, 4.69) is 5.32 Å². The van der Waals surface area contributed by atoms with Crippen molar-refractivity contribution in [2.75, 3.05) is 12.4 Å². The summed E-state index contributed by atoms with van der Waals surface area (Å²) in [7, 11) is 1.54. The largest absolute Gasteiger partial charge is 0.495 e. The lowest BCUT2D eigenvalue weighted by atomic mass is 9.92. The van der Waals surface area contributed by atoms with Crippen molar-refractivity contribution in [3.8, 4) is 5.75 Å². The van der Waals surface area contributed by atoms with E-state index in [1.54, 1.807) is 36.9 Å². The SMILES string of the molecule is COc1ccc(C)cc1NC(=O)c1c(C)ccn(C2CCC(O)CC2)c1=O. The first-order valence-electron chi connectivity index (χ1n) is 9.26. The van der Waals surface area contributed by atoms with Crippen LogP contribution in [0.5, 0.6) is 5.75 Å². The first-order valence-corrected chi connectivity index (χ1v) is 9.26. The van der Waals surface area contributed by atoms with Crippen LogP contribution in [-0.4, -0.2) is 28.8 Å². The standard InChI is InChI=1S/C21H26N2O4/c1-13-4-9-18(27-3)17(12-13)22-20(25)19-14(2)10-11-23(21(19)26)15-5-7-16(24)8-6-15/h4,9-12,15-16,24H,5-8H2,1-3H3,(H,22,25). The van der Waals surface area contributed by atoms with Gasteiger partial charge in [-0.2, -0.15) is 0 Å². The van der Waals surface area contributed by atoms with E-state index in [0.717, 1.165) is 18.4 Å². The van der Waals surface area contributed by atoms with E-state index in [0.29, 0.717) is 29.8 Å². The molecule has 1 fully saturated rings. The number of aliphatic hydroxyl groups excluding tert-OH is 1. The second-order valence-corrected chi connectivity index (χ2v) is 7.21. The summed E-state index contributed by atoms with van der Waals surface area (Å²) in [4.78, 5) is 25.9. The van der Waals surface area contributed by atoms with Crippen LogP contribution in [0.15, 0.2) is 35.3 Å². The van der Waals surface area contributed by atoms with Gasteiger partial charge in [-0.3, -0.25) is 9.59 Å². The third-order valence-corrected chi connectivity index (χ3v) is 5.22. The van der Waals surface area contributed by atoms with E-state index in [-0.39, 0.29) is 23.3 Å². The zero-order valence-electron chi connectivity index (χ0n) is 16.0. The maximum absolute atomic E-state index is 13.0. The van der Waals surface area contributed by atoms with Crippen molar-refractivity contribution in [2.45, 2.75) is 51.7 Å². The molecule has 0 radical (unpaired) electrons. The highest BCUT2D eigenvalue weighted by atomic mass is 16.5. The molecule has 27 heavy (non-hydrogen) atoms. The molecule has 0 bridgehead atoms. The molecule has 2 aromatic rings. The van der Waals surface area contributed by atoms with Crippen molar-refractivity contribution in [2.24, 2.45) is 0 Å². The molecule has 1 aromatic heterocycles. The molecule has 1 amide bonds. The average Bonchev–Trinajstić information content (AvgIpc) is 2.63. The molecule has 0 atom stereocenters. The highest BCUT2D eigenvalue weighted by Crippen LogP contribution is 2.28. The van der Waals surface area contributed by atoms with E-state index < -0.39 is 5.91 Å². The molecule has 0 spiro atoms. The Bertz CT molecular complexity index is 896. The maximum atomic E-state index is 13.0. The molecule has 3 rings (SSSR count). The average molecular weight is 370 g/mol. The third-order valence-electron chi connectivity index (χ3n) is 5.22. The van der Waals surface area contributed by atoms with E-state index >= 15 is 0 Å². The van der Waals surface area contributed by atoms with Crippen LogP contribution in [0, 0.1) is 13.8 Å². The van der Waals surface area contributed by atoms with Crippen LogP contribution in [0.4, 0.5) is 5.69 Å². The van der Waals surface area contributed by atoms with Crippen molar-refractivity contribution in [3.05, 3.63) is 57.5 Å². The van der Waals surface area contributed by atoms with Gasteiger partial charge in [-0.05, 0) is 68.9 Å². The number of benzene rings is 1. The lowest BCUT2D eigenvalue weighted by Gasteiger charge is -2.27. The molecular formula is C21H26N2O4. The predicted octanol–water partition coefficient (Wildman–Crippen LogP) is 3.20. The summed E-state index contributed by atoms with van der Waals surface area (Å²) in [6.07, 6.45) is 4.27. The number of carbonyl (C=O) groups is 1. The number of nitrogens with one attached hydrogen (secondary N) is 1. The second kappa shape index (κ2) is 7.96. The first kappa shape index (κ1) is 19.2. The van der Waals surface area contributed by atoms with Gasteiger partial charge in [0.05, 0.1) is 18.9 Å². The van der Waals surface area contributed by atoms with Gasteiger partial charge in [0, 0.05) is 12.2 Å². The summed E-state index contributed by atoms with van der Waals surface area (Å²) in [6, 6.07) is 7.31. The summed E-state index contributed by atoms with van der Waals surface area (Å²) in [5, 5.41) is 12.5. The predicted molar refractivity (Wildman–Crippen MR) is 105 cm³/mol. The quantitative estimate of drug-likeness (QED) is 0.866. The van der Waals surface area contributed by atoms with Crippen molar-refractivity contribution in [1.29, 1.82) is 0 Å². The minimum absolute atomic E-state index is 0.0153. The van der Waals surface area contributed by atoms with Crippen molar-refractivity contribution in [1.82, 2.24) is 4.57 Å². The van der Waals surface area contributed by atoms with E-state index in [1.165, 1.54) is 0 Å². The summed E-state index contributed by atoms with van der Waals surface area (Å²) < 4.78 is 6.94. The molecule has 144 valence electrons. The minimum atomic E-state index is -0.438. The number of hydrogen-bond acceptors (Lipinski definition) is 4. The Morgan fingerprint density at radius 1 is 1.19 bits per heavy atom. The lowest BCUT2D eigenvalue weighted by Crippen LogP contribution is -2.34. The van der Waals surface area contributed by atoms with Crippen LogP contribution >= 0.6 is 0 Å². The topological polar surface area (TPSA) is 80.6 Å². The maximum Gasteiger partial charge on any atom is 0.263 e. The molecule has 6 nitrogen and oxygen atoms in total. The van der Waals surface area contributed by atoms with E-state index in [9.17, 15) is 14.7 Å². The van der Waals surface area contributed by atoms with Crippen molar-refractivity contribution < 1.29 is 14.6 Å². The zero-order chi connectivity index (χ0) is 19.6. The summed E-state index contributed by atoms with van der Waals surface area (Å²) in [6.45, 7) is 3.69. The van der Waals surface area contributed by atoms with Gasteiger partial charge < -0.3 is 19.7 Å². The Morgan fingerprint density at radius 2 is 1.89 bits per heavy atom. The molecule has 1 aliphatic rings. The Balaban J connectivity index is 1.92.